The molecule has 0 saturated heterocycles. The number of hydrogen-bond acceptors (Lipinski definition) is 4. The molecule has 4 nitrogen and oxygen atoms in total. The summed E-state index contributed by atoms with van der Waals surface area (Å²) >= 11 is 0. The normalized spacial score (nSPS) is 13.9. The van der Waals surface area contributed by atoms with Gasteiger partial charge in [-0.3, -0.25) is 0 Å². The molecule has 3 N–H and O–H groups in total. The third kappa shape index (κ3) is 4.73. The van der Waals surface area contributed by atoms with Gasteiger partial charge in [-0.15, -0.1) is 0 Å². The largest absolute Gasteiger partial charge is 0.493 e. The zero-order valence-corrected chi connectivity index (χ0v) is 12.1. The van der Waals surface area contributed by atoms with Gasteiger partial charge in [0.25, 0.3) is 0 Å². The zero-order chi connectivity index (χ0) is 14.3. The lowest BCUT2D eigenvalue weighted by atomic mass is 9.99. The number of nitrogens with two attached hydrogens (primary N) is 1. The molecule has 0 bridgehead atoms. The van der Waals surface area contributed by atoms with Crippen molar-refractivity contribution in [3.05, 3.63) is 23.8 Å². The number of benzene rings is 1. The average molecular weight is 267 g/mol. The van der Waals surface area contributed by atoms with E-state index in [1.165, 1.54) is 0 Å². The number of rotatable bonds is 8. The summed E-state index contributed by atoms with van der Waals surface area (Å²) in [4.78, 5) is 0. The topological polar surface area (TPSA) is 64.7 Å². The van der Waals surface area contributed by atoms with Gasteiger partial charge in [-0.05, 0) is 37.0 Å². The molecule has 108 valence electrons. The van der Waals surface area contributed by atoms with Crippen molar-refractivity contribution in [2.75, 3.05) is 14.2 Å². The number of aliphatic hydroxyl groups is 1. The van der Waals surface area contributed by atoms with Gasteiger partial charge in [0.1, 0.15) is 0 Å². The highest BCUT2D eigenvalue weighted by Crippen LogP contribution is 2.28. The summed E-state index contributed by atoms with van der Waals surface area (Å²) < 4.78 is 10.5. The van der Waals surface area contributed by atoms with Gasteiger partial charge in [-0.25, -0.2) is 0 Å². The number of ether oxygens (including phenoxy) is 2. The van der Waals surface area contributed by atoms with E-state index in [1.54, 1.807) is 14.2 Å². The predicted octanol–water partition coefficient (Wildman–Crippen LogP) is 2.12. The summed E-state index contributed by atoms with van der Waals surface area (Å²) in [5.74, 6) is 1.43. The fraction of sp³-hybridized carbons (Fsp3) is 0.600. The molecule has 4 heteroatoms. The Bertz CT molecular complexity index is 382. The maximum atomic E-state index is 9.96. The summed E-state index contributed by atoms with van der Waals surface area (Å²) in [5, 5.41) is 9.96. The van der Waals surface area contributed by atoms with Gasteiger partial charge in [-0.1, -0.05) is 19.4 Å². The van der Waals surface area contributed by atoms with Crippen LogP contribution in [-0.4, -0.2) is 31.5 Å². The second kappa shape index (κ2) is 8.02. The summed E-state index contributed by atoms with van der Waals surface area (Å²) in [5.41, 5.74) is 7.01. The van der Waals surface area contributed by atoms with Crippen LogP contribution in [0.5, 0.6) is 11.5 Å². The molecule has 0 aliphatic carbocycles. The Morgan fingerprint density at radius 1 is 1.16 bits per heavy atom. The van der Waals surface area contributed by atoms with Crippen molar-refractivity contribution < 1.29 is 14.6 Å². The van der Waals surface area contributed by atoms with Gasteiger partial charge in [0.05, 0.1) is 20.3 Å². The molecular formula is C15H25NO3. The van der Waals surface area contributed by atoms with E-state index in [9.17, 15) is 5.11 Å². The van der Waals surface area contributed by atoms with E-state index in [0.29, 0.717) is 12.2 Å². The molecule has 0 radical (unpaired) electrons. The minimum atomic E-state index is -0.451. The third-order valence-corrected chi connectivity index (χ3v) is 3.29. The Hall–Kier alpha value is -1.26. The predicted molar refractivity (Wildman–Crippen MR) is 76.8 cm³/mol. The van der Waals surface area contributed by atoms with Crippen molar-refractivity contribution in [3.8, 4) is 11.5 Å². The molecule has 1 rings (SSSR count). The van der Waals surface area contributed by atoms with Crippen molar-refractivity contribution in [2.45, 2.75) is 44.8 Å². The number of hydrogen-bond donors (Lipinski definition) is 2. The van der Waals surface area contributed by atoms with Crippen molar-refractivity contribution in [2.24, 2.45) is 5.73 Å². The quantitative estimate of drug-likeness (QED) is 0.757. The summed E-state index contributed by atoms with van der Waals surface area (Å²) in [6.07, 6.45) is 2.84. The van der Waals surface area contributed by atoms with E-state index in [0.717, 1.165) is 30.6 Å². The highest BCUT2D eigenvalue weighted by Gasteiger charge is 2.14. The second-order valence-electron chi connectivity index (χ2n) is 4.75. The van der Waals surface area contributed by atoms with Gasteiger partial charge < -0.3 is 20.3 Å². The molecule has 2 atom stereocenters. The monoisotopic (exact) mass is 267 g/mol. The number of aliphatic hydroxyl groups excluding tert-OH is 1. The SMILES string of the molecule is CCCC(N)C(O)CCc1ccc(OC)c(OC)c1. The molecule has 0 aromatic heterocycles. The van der Waals surface area contributed by atoms with Crippen LogP contribution in [0.3, 0.4) is 0 Å². The van der Waals surface area contributed by atoms with E-state index in [1.807, 2.05) is 18.2 Å². The molecule has 0 aliphatic heterocycles. The fourth-order valence-corrected chi connectivity index (χ4v) is 2.09. The van der Waals surface area contributed by atoms with Crippen molar-refractivity contribution >= 4 is 0 Å². The molecule has 0 spiro atoms. The first kappa shape index (κ1) is 15.8. The Labute approximate surface area is 115 Å². The van der Waals surface area contributed by atoms with E-state index < -0.39 is 6.10 Å². The van der Waals surface area contributed by atoms with Crippen LogP contribution in [0.1, 0.15) is 31.7 Å². The summed E-state index contributed by atoms with van der Waals surface area (Å²) in [6, 6.07) is 5.67. The zero-order valence-electron chi connectivity index (χ0n) is 12.1. The molecule has 0 amide bonds. The van der Waals surface area contributed by atoms with Crippen molar-refractivity contribution in [1.29, 1.82) is 0 Å². The molecule has 0 saturated carbocycles. The van der Waals surface area contributed by atoms with E-state index >= 15 is 0 Å². The van der Waals surface area contributed by atoms with Crippen LogP contribution in [-0.2, 0) is 6.42 Å². The standard InChI is InChI=1S/C15H25NO3/c1-4-5-12(16)13(17)8-6-11-7-9-14(18-2)15(10-11)19-3/h7,9-10,12-13,17H,4-6,8,16H2,1-3H3. The van der Waals surface area contributed by atoms with E-state index in [-0.39, 0.29) is 6.04 Å². The lowest BCUT2D eigenvalue weighted by Gasteiger charge is -2.18. The Kier molecular flexibility index (Phi) is 6.67. The van der Waals surface area contributed by atoms with Crippen LogP contribution in [0, 0.1) is 0 Å². The van der Waals surface area contributed by atoms with Gasteiger partial charge in [0, 0.05) is 6.04 Å². The first-order chi connectivity index (χ1) is 9.12. The van der Waals surface area contributed by atoms with Crippen LogP contribution in [0.15, 0.2) is 18.2 Å². The first-order valence-corrected chi connectivity index (χ1v) is 6.76. The smallest absolute Gasteiger partial charge is 0.160 e. The van der Waals surface area contributed by atoms with Gasteiger partial charge in [0.15, 0.2) is 11.5 Å². The molecule has 0 fully saturated rings. The Balaban J connectivity index is 2.58. The molecule has 1 aromatic carbocycles. The van der Waals surface area contributed by atoms with Crippen molar-refractivity contribution in [3.63, 3.8) is 0 Å². The highest BCUT2D eigenvalue weighted by atomic mass is 16.5. The molecular weight excluding hydrogens is 242 g/mol. The average Bonchev–Trinajstić information content (AvgIpc) is 2.44. The third-order valence-electron chi connectivity index (χ3n) is 3.29. The summed E-state index contributed by atoms with van der Waals surface area (Å²) in [7, 11) is 3.23. The summed E-state index contributed by atoms with van der Waals surface area (Å²) in [6.45, 7) is 2.07. The number of aryl methyl sites for hydroxylation is 1. The maximum absolute atomic E-state index is 9.96. The Morgan fingerprint density at radius 3 is 2.42 bits per heavy atom. The van der Waals surface area contributed by atoms with Crippen molar-refractivity contribution in [1.82, 2.24) is 0 Å². The van der Waals surface area contributed by atoms with Crippen LogP contribution < -0.4 is 15.2 Å². The highest BCUT2D eigenvalue weighted by molar-refractivity contribution is 5.42. The minimum Gasteiger partial charge on any atom is -0.493 e. The van der Waals surface area contributed by atoms with Crippen LogP contribution in [0.4, 0.5) is 0 Å². The van der Waals surface area contributed by atoms with E-state index in [2.05, 4.69) is 6.92 Å². The molecule has 1 aromatic rings. The van der Waals surface area contributed by atoms with Crippen LogP contribution >= 0.6 is 0 Å². The number of methoxy groups -OCH3 is 2. The maximum Gasteiger partial charge on any atom is 0.160 e. The minimum absolute atomic E-state index is 0.134. The van der Waals surface area contributed by atoms with Gasteiger partial charge >= 0.3 is 0 Å². The van der Waals surface area contributed by atoms with Crippen LogP contribution in [0.2, 0.25) is 0 Å². The van der Waals surface area contributed by atoms with E-state index in [4.69, 9.17) is 15.2 Å². The Morgan fingerprint density at radius 2 is 1.84 bits per heavy atom. The molecule has 0 heterocycles. The molecule has 2 unspecified atom stereocenters. The van der Waals surface area contributed by atoms with Gasteiger partial charge in [-0.2, -0.15) is 0 Å². The fourth-order valence-electron chi connectivity index (χ4n) is 2.09. The van der Waals surface area contributed by atoms with Gasteiger partial charge in [0.2, 0.25) is 0 Å². The molecule has 19 heavy (non-hydrogen) atoms. The molecule has 0 aliphatic rings. The lowest BCUT2D eigenvalue weighted by Crippen LogP contribution is -2.34. The van der Waals surface area contributed by atoms with Crippen LogP contribution in [0.25, 0.3) is 0 Å². The lowest BCUT2D eigenvalue weighted by molar-refractivity contribution is 0.131. The first-order valence-electron chi connectivity index (χ1n) is 6.76. The second-order valence-corrected chi connectivity index (χ2v) is 4.75.